The fraction of sp³-hybridized carbons (Fsp3) is 0.538. The van der Waals surface area contributed by atoms with Crippen LogP contribution in [-0.4, -0.2) is 37.6 Å². The molecule has 0 radical (unpaired) electrons. The number of hydrogen-bond donors (Lipinski definition) is 2. The van der Waals surface area contributed by atoms with Crippen LogP contribution in [0.3, 0.4) is 0 Å². The highest BCUT2D eigenvalue weighted by Gasteiger charge is 2.15. The van der Waals surface area contributed by atoms with Gasteiger partial charge < -0.3 is 16.0 Å². The Morgan fingerprint density at radius 1 is 1.61 bits per heavy atom. The first-order chi connectivity index (χ1) is 8.66. The largest absolute Gasteiger partial charge is 0.366 e. The first-order valence-corrected chi connectivity index (χ1v) is 6.34. The minimum atomic E-state index is -0.437. The van der Waals surface area contributed by atoms with Gasteiger partial charge in [0.2, 0.25) is 5.91 Å². The summed E-state index contributed by atoms with van der Waals surface area (Å²) in [7, 11) is 2.03. The summed E-state index contributed by atoms with van der Waals surface area (Å²) in [6, 6.07) is 3.57. The maximum absolute atomic E-state index is 11.0. The third-order valence-electron chi connectivity index (χ3n) is 3.35. The molecule has 3 N–H and O–H groups in total. The van der Waals surface area contributed by atoms with Crippen molar-refractivity contribution >= 4 is 11.7 Å². The number of nitrogens with one attached hydrogen (secondary N) is 1. The van der Waals surface area contributed by atoms with Gasteiger partial charge in [0.15, 0.2) is 0 Å². The van der Waals surface area contributed by atoms with Gasteiger partial charge in [0.05, 0.1) is 5.56 Å². The van der Waals surface area contributed by atoms with Gasteiger partial charge in [-0.05, 0) is 44.0 Å². The molecule has 5 heteroatoms. The van der Waals surface area contributed by atoms with Gasteiger partial charge in [0.25, 0.3) is 0 Å². The van der Waals surface area contributed by atoms with Crippen LogP contribution in [0.5, 0.6) is 0 Å². The summed E-state index contributed by atoms with van der Waals surface area (Å²) in [5.74, 6) is 1.11. The molecule has 0 saturated carbocycles. The first kappa shape index (κ1) is 12.8. The van der Waals surface area contributed by atoms with Crippen LogP contribution in [0.2, 0.25) is 0 Å². The smallest absolute Gasteiger partial charge is 0.250 e. The molecule has 1 unspecified atom stereocenters. The normalized spacial score (nSPS) is 19.5. The van der Waals surface area contributed by atoms with Crippen LogP contribution in [0.1, 0.15) is 23.2 Å². The van der Waals surface area contributed by atoms with Crippen molar-refractivity contribution in [2.24, 2.45) is 11.7 Å². The summed E-state index contributed by atoms with van der Waals surface area (Å²) in [6.07, 6.45) is 4.04. The maximum Gasteiger partial charge on any atom is 0.250 e. The van der Waals surface area contributed by atoms with E-state index >= 15 is 0 Å². The number of pyridine rings is 1. The average molecular weight is 248 g/mol. The maximum atomic E-state index is 11.0. The molecule has 0 aliphatic carbocycles. The molecule has 1 fully saturated rings. The van der Waals surface area contributed by atoms with E-state index in [1.807, 2.05) is 13.1 Å². The number of carbonyl (C=O) groups is 1. The van der Waals surface area contributed by atoms with Crippen molar-refractivity contribution in [3.63, 3.8) is 0 Å². The number of piperidine rings is 1. The van der Waals surface area contributed by atoms with Gasteiger partial charge in [0, 0.05) is 19.8 Å². The summed E-state index contributed by atoms with van der Waals surface area (Å²) in [5, 5.41) is 3.41. The minimum absolute atomic E-state index is 0.437. The van der Waals surface area contributed by atoms with Crippen molar-refractivity contribution < 1.29 is 4.79 Å². The lowest BCUT2D eigenvalue weighted by Crippen LogP contribution is -2.37. The molecule has 98 valence electrons. The number of anilines is 1. The highest BCUT2D eigenvalue weighted by Crippen LogP contribution is 2.15. The van der Waals surface area contributed by atoms with Gasteiger partial charge in [0.1, 0.15) is 5.82 Å². The Hall–Kier alpha value is -1.62. The molecule has 1 aliphatic rings. The van der Waals surface area contributed by atoms with Gasteiger partial charge >= 0.3 is 0 Å². The summed E-state index contributed by atoms with van der Waals surface area (Å²) >= 11 is 0. The van der Waals surface area contributed by atoms with Crippen molar-refractivity contribution in [3.05, 3.63) is 23.9 Å². The number of hydrogen-bond acceptors (Lipinski definition) is 4. The number of rotatable bonds is 4. The van der Waals surface area contributed by atoms with E-state index in [9.17, 15) is 4.79 Å². The van der Waals surface area contributed by atoms with Crippen LogP contribution in [0.25, 0.3) is 0 Å². The van der Waals surface area contributed by atoms with Crippen LogP contribution >= 0.6 is 0 Å². The van der Waals surface area contributed by atoms with Gasteiger partial charge in [-0.15, -0.1) is 0 Å². The number of amides is 1. The van der Waals surface area contributed by atoms with Gasteiger partial charge in [-0.3, -0.25) is 4.79 Å². The second kappa shape index (κ2) is 5.82. The molecule has 0 spiro atoms. The summed E-state index contributed by atoms with van der Waals surface area (Å²) in [5.41, 5.74) is 5.64. The van der Waals surface area contributed by atoms with E-state index in [1.165, 1.54) is 19.0 Å². The zero-order chi connectivity index (χ0) is 13.0. The molecule has 0 bridgehead atoms. The topological polar surface area (TPSA) is 71.2 Å². The molecular formula is C13H20N4O. The van der Waals surface area contributed by atoms with Crippen molar-refractivity contribution in [2.45, 2.75) is 12.8 Å². The summed E-state index contributed by atoms with van der Waals surface area (Å²) in [6.45, 7) is 3.19. The monoisotopic (exact) mass is 248 g/mol. The third-order valence-corrected chi connectivity index (χ3v) is 3.35. The lowest BCUT2D eigenvalue weighted by atomic mass is 9.99. The predicted molar refractivity (Wildman–Crippen MR) is 71.6 cm³/mol. The molecule has 1 amide bonds. The van der Waals surface area contributed by atoms with E-state index < -0.39 is 5.91 Å². The Balaban J connectivity index is 1.95. The zero-order valence-corrected chi connectivity index (χ0v) is 10.7. The number of aromatic nitrogens is 1. The molecule has 1 aromatic rings. The zero-order valence-electron chi connectivity index (χ0n) is 10.7. The lowest BCUT2D eigenvalue weighted by molar-refractivity contribution is 0.1000. The minimum Gasteiger partial charge on any atom is -0.366 e. The van der Waals surface area contributed by atoms with Gasteiger partial charge in [-0.2, -0.15) is 0 Å². The lowest BCUT2D eigenvalue weighted by Gasteiger charge is -2.28. The number of nitrogens with two attached hydrogens (primary N) is 1. The standard InChI is InChI=1S/C13H20N4O/c1-17(9-10-3-2-6-15-7-10)12-5-4-11(8-16-12)13(14)18/h4-5,8,10,15H,2-3,6-7,9H2,1H3,(H2,14,18). The summed E-state index contributed by atoms with van der Waals surface area (Å²) < 4.78 is 0. The summed E-state index contributed by atoms with van der Waals surface area (Å²) in [4.78, 5) is 17.4. The van der Waals surface area contributed by atoms with Crippen molar-refractivity contribution in [3.8, 4) is 0 Å². The van der Waals surface area contributed by atoms with Crippen molar-refractivity contribution in [1.82, 2.24) is 10.3 Å². The fourth-order valence-electron chi connectivity index (χ4n) is 2.32. The van der Waals surface area contributed by atoms with Gasteiger partial charge in [-0.1, -0.05) is 0 Å². The molecule has 1 saturated heterocycles. The molecule has 18 heavy (non-hydrogen) atoms. The van der Waals surface area contributed by atoms with E-state index in [0.717, 1.165) is 25.5 Å². The van der Waals surface area contributed by atoms with Crippen molar-refractivity contribution in [2.75, 3.05) is 31.6 Å². The molecule has 1 atom stereocenters. The Morgan fingerprint density at radius 3 is 3.00 bits per heavy atom. The second-order valence-electron chi connectivity index (χ2n) is 4.86. The number of nitrogens with zero attached hydrogens (tertiary/aromatic N) is 2. The molecule has 5 nitrogen and oxygen atoms in total. The SMILES string of the molecule is CN(CC1CCCNC1)c1ccc(C(N)=O)cn1. The van der Waals surface area contributed by atoms with E-state index in [1.54, 1.807) is 6.07 Å². The van der Waals surface area contributed by atoms with Crippen molar-refractivity contribution in [1.29, 1.82) is 0 Å². The Morgan fingerprint density at radius 2 is 2.44 bits per heavy atom. The Bertz CT molecular complexity index is 398. The van der Waals surface area contributed by atoms with E-state index in [4.69, 9.17) is 5.73 Å². The van der Waals surface area contributed by atoms with E-state index in [0.29, 0.717) is 11.5 Å². The number of carbonyl (C=O) groups excluding carboxylic acids is 1. The molecule has 1 aliphatic heterocycles. The highest BCUT2D eigenvalue weighted by molar-refractivity contribution is 5.92. The third kappa shape index (κ3) is 3.20. The van der Waals surface area contributed by atoms with E-state index in [-0.39, 0.29) is 0 Å². The van der Waals surface area contributed by atoms with Crippen LogP contribution in [0.15, 0.2) is 18.3 Å². The molecule has 2 rings (SSSR count). The molecule has 0 aromatic carbocycles. The van der Waals surface area contributed by atoms with Crippen LogP contribution < -0.4 is 16.0 Å². The van der Waals surface area contributed by atoms with Crippen LogP contribution in [0, 0.1) is 5.92 Å². The fourth-order valence-corrected chi connectivity index (χ4v) is 2.32. The predicted octanol–water partition coefficient (Wildman–Crippen LogP) is 0.616. The second-order valence-corrected chi connectivity index (χ2v) is 4.86. The first-order valence-electron chi connectivity index (χ1n) is 6.34. The Kier molecular flexibility index (Phi) is 4.15. The molecule has 1 aromatic heterocycles. The quantitative estimate of drug-likeness (QED) is 0.819. The van der Waals surface area contributed by atoms with Crippen LogP contribution in [0.4, 0.5) is 5.82 Å². The Labute approximate surface area is 107 Å². The molecule has 2 heterocycles. The van der Waals surface area contributed by atoms with E-state index in [2.05, 4.69) is 15.2 Å². The van der Waals surface area contributed by atoms with Crippen LogP contribution in [-0.2, 0) is 0 Å². The molecular weight excluding hydrogens is 228 g/mol. The highest BCUT2D eigenvalue weighted by atomic mass is 16.1. The average Bonchev–Trinajstić information content (AvgIpc) is 2.40. The van der Waals surface area contributed by atoms with Gasteiger partial charge in [-0.25, -0.2) is 4.98 Å². The number of primary amides is 1.